The molecule has 7 heteroatoms. The van der Waals surface area contributed by atoms with Crippen LogP contribution < -0.4 is 11.1 Å². The summed E-state index contributed by atoms with van der Waals surface area (Å²) >= 11 is 0. The molecule has 5 rings (SSSR count). The number of nitrogens with two attached hydrogens (primary N) is 1. The van der Waals surface area contributed by atoms with Gasteiger partial charge in [-0.05, 0) is 50.7 Å². The van der Waals surface area contributed by atoms with Gasteiger partial charge in [-0.25, -0.2) is 9.50 Å². The number of piperidine rings is 1. The first-order valence-electron chi connectivity index (χ1n) is 11.4. The number of rotatable bonds is 6. The van der Waals surface area contributed by atoms with Crippen molar-refractivity contribution in [2.75, 3.05) is 20.1 Å². The maximum Gasteiger partial charge on any atom is 0.269 e. The molecule has 168 valence electrons. The third-order valence-corrected chi connectivity index (χ3v) is 6.41. The van der Waals surface area contributed by atoms with E-state index in [4.69, 9.17) is 10.7 Å². The van der Waals surface area contributed by atoms with E-state index < -0.39 is 5.91 Å². The second kappa shape index (κ2) is 9.13. The first-order chi connectivity index (χ1) is 16.1. The lowest BCUT2D eigenvalue weighted by molar-refractivity contribution is 0.0994. The Hall–Kier alpha value is -3.55. The van der Waals surface area contributed by atoms with Gasteiger partial charge in [0.15, 0.2) is 5.65 Å². The minimum absolute atomic E-state index is 0.209. The molecule has 2 aromatic heterocycles. The Morgan fingerprint density at radius 2 is 1.73 bits per heavy atom. The summed E-state index contributed by atoms with van der Waals surface area (Å²) in [7, 11) is 2.05. The predicted octanol–water partition coefficient (Wildman–Crippen LogP) is 3.35. The maximum atomic E-state index is 11.7. The fourth-order valence-corrected chi connectivity index (χ4v) is 4.53. The van der Waals surface area contributed by atoms with Crippen LogP contribution in [0.1, 0.15) is 28.9 Å². The van der Waals surface area contributed by atoms with Crippen molar-refractivity contribution in [2.24, 2.45) is 5.73 Å². The summed E-state index contributed by atoms with van der Waals surface area (Å²) in [5.74, 6) is -0.561. The van der Waals surface area contributed by atoms with E-state index in [1.807, 2.05) is 37.4 Å². The number of amides is 1. The topological polar surface area (TPSA) is 88.5 Å². The Kier molecular flexibility index (Phi) is 5.90. The van der Waals surface area contributed by atoms with E-state index >= 15 is 0 Å². The maximum absolute atomic E-state index is 11.7. The van der Waals surface area contributed by atoms with Gasteiger partial charge in [-0.2, -0.15) is 5.10 Å². The van der Waals surface area contributed by atoms with Crippen molar-refractivity contribution in [1.82, 2.24) is 24.8 Å². The summed E-state index contributed by atoms with van der Waals surface area (Å²) in [6, 6.07) is 22.6. The number of aromatic nitrogens is 3. The zero-order valence-corrected chi connectivity index (χ0v) is 18.7. The van der Waals surface area contributed by atoms with Crippen LogP contribution in [-0.4, -0.2) is 51.6 Å². The van der Waals surface area contributed by atoms with Crippen LogP contribution in [0.15, 0.2) is 66.7 Å². The molecular weight excluding hydrogens is 412 g/mol. The lowest BCUT2D eigenvalue weighted by Gasteiger charge is -2.31. The summed E-state index contributed by atoms with van der Waals surface area (Å²) < 4.78 is 1.71. The van der Waals surface area contributed by atoms with E-state index in [0.29, 0.717) is 11.7 Å². The molecule has 0 aliphatic carbocycles. The van der Waals surface area contributed by atoms with E-state index in [9.17, 15) is 4.79 Å². The Morgan fingerprint density at radius 3 is 2.39 bits per heavy atom. The second-order valence-electron chi connectivity index (χ2n) is 8.56. The largest absolute Gasteiger partial charge is 0.364 e. The Labute approximate surface area is 193 Å². The molecule has 4 aromatic rings. The minimum Gasteiger partial charge on any atom is -0.364 e. The van der Waals surface area contributed by atoms with Crippen molar-refractivity contribution in [1.29, 1.82) is 0 Å². The molecule has 3 heterocycles. The molecule has 0 spiro atoms. The van der Waals surface area contributed by atoms with Gasteiger partial charge in [0.1, 0.15) is 11.4 Å². The molecular formula is C26H28N6O. The van der Waals surface area contributed by atoms with Crippen molar-refractivity contribution < 1.29 is 4.79 Å². The highest BCUT2D eigenvalue weighted by atomic mass is 16.1. The van der Waals surface area contributed by atoms with E-state index in [-0.39, 0.29) is 5.69 Å². The van der Waals surface area contributed by atoms with Crippen LogP contribution in [0, 0.1) is 0 Å². The standard InChI is InChI=1S/C26H28N6O/c1-28-21-13-15-31(16-14-21)17-18-7-9-19(10-8-18)24-25(20-5-3-2-4-6-20)32-23(29-24)12-11-22(30-32)26(27)33/h2-12,21,28H,13-17H2,1H3,(H2,27,33). The molecule has 1 saturated heterocycles. The van der Waals surface area contributed by atoms with Gasteiger partial charge in [0.2, 0.25) is 0 Å². The van der Waals surface area contributed by atoms with E-state index in [2.05, 4.69) is 39.6 Å². The number of hydrogen-bond donors (Lipinski definition) is 2. The van der Waals surface area contributed by atoms with E-state index in [0.717, 1.165) is 42.1 Å². The van der Waals surface area contributed by atoms with Gasteiger partial charge in [-0.1, -0.05) is 54.6 Å². The van der Waals surface area contributed by atoms with Crippen LogP contribution >= 0.6 is 0 Å². The second-order valence-corrected chi connectivity index (χ2v) is 8.56. The molecule has 33 heavy (non-hydrogen) atoms. The molecule has 3 N–H and O–H groups in total. The van der Waals surface area contributed by atoms with E-state index in [1.165, 1.54) is 18.4 Å². The quantitative estimate of drug-likeness (QED) is 0.480. The lowest BCUT2D eigenvalue weighted by atomic mass is 10.0. The number of carbonyl (C=O) groups excluding carboxylic acids is 1. The third kappa shape index (κ3) is 4.37. The van der Waals surface area contributed by atoms with Gasteiger partial charge in [0, 0.05) is 23.7 Å². The number of imidazole rings is 1. The number of primary amides is 1. The average Bonchev–Trinajstić information content (AvgIpc) is 3.24. The van der Waals surface area contributed by atoms with E-state index in [1.54, 1.807) is 16.6 Å². The van der Waals surface area contributed by atoms with Gasteiger partial charge in [0.05, 0.1) is 5.69 Å². The first-order valence-corrected chi connectivity index (χ1v) is 11.4. The van der Waals surface area contributed by atoms with Crippen molar-refractivity contribution in [3.63, 3.8) is 0 Å². The van der Waals surface area contributed by atoms with Crippen molar-refractivity contribution in [3.05, 3.63) is 78.0 Å². The van der Waals surface area contributed by atoms with Crippen LogP contribution in [-0.2, 0) is 6.54 Å². The molecule has 1 fully saturated rings. The molecule has 0 atom stereocenters. The molecule has 1 aliphatic rings. The highest BCUT2D eigenvalue weighted by molar-refractivity contribution is 5.91. The summed E-state index contributed by atoms with van der Waals surface area (Å²) in [4.78, 5) is 19.1. The lowest BCUT2D eigenvalue weighted by Crippen LogP contribution is -2.40. The number of likely N-dealkylation sites (tertiary alicyclic amines) is 1. The Balaban J connectivity index is 1.48. The third-order valence-electron chi connectivity index (χ3n) is 6.41. The summed E-state index contributed by atoms with van der Waals surface area (Å²) in [6.45, 7) is 3.19. The van der Waals surface area contributed by atoms with Crippen molar-refractivity contribution in [2.45, 2.75) is 25.4 Å². The SMILES string of the molecule is CNC1CCN(Cc2ccc(-c3nc4ccc(C(N)=O)nn4c3-c3ccccc3)cc2)CC1. The molecule has 0 radical (unpaired) electrons. The Bertz CT molecular complexity index is 1260. The number of hydrogen-bond acceptors (Lipinski definition) is 5. The normalized spacial score (nSPS) is 15.2. The number of fused-ring (bicyclic) bond motifs is 1. The van der Waals surface area contributed by atoms with Crippen LogP contribution in [0.25, 0.3) is 28.2 Å². The minimum atomic E-state index is -0.561. The van der Waals surface area contributed by atoms with Crippen LogP contribution in [0.4, 0.5) is 0 Å². The van der Waals surface area contributed by atoms with Gasteiger partial charge < -0.3 is 11.1 Å². The molecule has 0 unspecified atom stereocenters. The van der Waals surface area contributed by atoms with Crippen molar-refractivity contribution in [3.8, 4) is 22.5 Å². The Morgan fingerprint density at radius 1 is 1.00 bits per heavy atom. The van der Waals surface area contributed by atoms with Crippen LogP contribution in [0.3, 0.4) is 0 Å². The first kappa shape index (κ1) is 21.3. The van der Waals surface area contributed by atoms with Gasteiger partial charge in [-0.15, -0.1) is 0 Å². The number of carbonyl (C=O) groups is 1. The smallest absolute Gasteiger partial charge is 0.269 e. The predicted molar refractivity (Wildman–Crippen MR) is 130 cm³/mol. The average molecular weight is 441 g/mol. The van der Waals surface area contributed by atoms with Gasteiger partial charge in [0.25, 0.3) is 5.91 Å². The molecule has 2 aromatic carbocycles. The fraction of sp³-hybridized carbons (Fsp3) is 0.269. The molecule has 1 amide bonds. The molecule has 7 nitrogen and oxygen atoms in total. The highest BCUT2D eigenvalue weighted by Crippen LogP contribution is 2.32. The molecule has 0 bridgehead atoms. The summed E-state index contributed by atoms with van der Waals surface area (Å²) in [5, 5.41) is 7.86. The van der Waals surface area contributed by atoms with Crippen molar-refractivity contribution >= 4 is 11.6 Å². The fourth-order valence-electron chi connectivity index (χ4n) is 4.53. The van der Waals surface area contributed by atoms with Gasteiger partial charge >= 0.3 is 0 Å². The molecule has 1 aliphatic heterocycles. The zero-order valence-electron chi connectivity index (χ0n) is 18.7. The van der Waals surface area contributed by atoms with Crippen LogP contribution in [0.5, 0.6) is 0 Å². The summed E-state index contributed by atoms with van der Waals surface area (Å²) in [6.07, 6.45) is 2.38. The zero-order chi connectivity index (χ0) is 22.8. The van der Waals surface area contributed by atoms with Gasteiger partial charge in [-0.3, -0.25) is 9.69 Å². The highest BCUT2D eigenvalue weighted by Gasteiger charge is 2.20. The monoisotopic (exact) mass is 440 g/mol. The molecule has 0 saturated carbocycles. The number of benzene rings is 2. The number of nitrogens with zero attached hydrogens (tertiary/aromatic N) is 4. The van der Waals surface area contributed by atoms with Crippen LogP contribution in [0.2, 0.25) is 0 Å². The number of nitrogens with one attached hydrogen (secondary N) is 1. The summed E-state index contributed by atoms with van der Waals surface area (Å²) in [5.41, 5.74) is 11.3.